The Morgan fingerprint density at radius 3 is 1.68 bits per heavy atom. The summed E-state index contributed by atoms with van der Waals surface area (Å²) in [7, 11) is 5.12. The van der Waals surface area contributed by atoms with Crippen LogP contribution in [0.25, 0.3) is 0 Å². The Balaban J connectivity index is 0.000000616. The standard InChI is InChI=1S/C10H17N4O3.C4H9NO.2ClH/c1-14(4-6-17-7-5-14)8-11-9(15-2)13-10(12-8)16-3;1-3-6-4-2-5-1;;/h4-7H2,1-3H3;5H,1-4H2;2*1H/q+1;;;/p-1. The lowest BCUT2D eigenvalue weighted by Crippen LogP contribution is -3.00. The largest absolute Gasteiger partial charge is 1.00 e. The third kappa shape index (κ3) is 7.43. The summed E-state index contributed by atoms with van der Waals surface area (Å²) in [6, 6.07) is 0.551. The molecule has 0 amide bonds. The van der Waals surface area contributed by atoms with Crippen LogP contribution in [0.2, 0.25) is 0 Å². The third-order valence-corrected chi connectivity index (χ3v) is 3.82. The van der Waals surface area contributed by atoms with E-state index in [2.05, 4.69) is 27.3 Å². The number of ether oxygens (including phenoxy) is 4. The lowest BCUT2D eigenvalue weighted by Gasteiger charge is -2.34. The molecule has 3 rings (SSSR count). The van der Waals surface area contributed by atoms with Gasteiger partial charge in [-0.3, -0.25) is 4.48 Å². The van der Waals surface area contributed by atoms with Crippen molar-refractivity contribution in [2.45, 2.75) is 0 Å². The predicted octanol–water partition coefficient (Wildman–Crippen LogP) is -7.56. The summed E-state index contributed by atoms with van der Waals surface area (Å²) in [5.41, 5.74) is 0. The third-order valence-electron chi connectivity index (χ3n) is 3.82. The first kappa shape index (κ1) is 24.0. The van der Waals surface area contributed by atoms with Crippen LogP contribution in [0.3, 0.4) is 0 Å². The van der Waals surface area contributed by atoms with E-state index in [0.29, 0.717) is 23.6 Å². The molecule has 0 aromatic carbocycles. The normalized spacial score (nSPS) is 18.5. The second-order valence-corrected chi connectivity index (χ2v) is 5.54. The summed E-state index contributed by atoms with van der Waals surface area (Å²) in [4.78, 5) is 12.6. The molecular formula is C14H27Cl2N5O4. The van der Waals surface area contributed by atoms with Crippen LogP contribution < -0.4 is 44.1 Å². The number of rotatable bonds is 3. The Bertz CT molecular complexity index is 455. The van der Waals surface area contributed by atoms with Crippen LogP contribution >= 0.6 is 0 Å². The highest BCUT2D eigenvalue weighted by Gasteiger charge is 2.32. The molecule has 3 heterocycles. The maximum atomic E-state index is 5.35. The van der Waals surface area contributed by atoms with E-state index >= 15 is 0 Å². The Hall–Kier alpha value is -0.970. The van der Waals surface area contributed by atoms with Crippen LogP contribution in [0.5, 0.6) is 12.0 Å². The zero-order valence-corrected chi connectivity index (χ0v) is 16.4. The molecule has 2 fully saturated rings. The topological polar surface area (TPSA) is 92.2 Å². The molecule has 9 nitrogen and oxygen atoms in total. The van der Waals surface area contributed by atoms with Crippen molar-refractivity contribution in [2.24, 2.45) is 0 Å². The monoisotopic (exact) mass is 399 g/mol. The van der Waals surface area contributed by atoms with Gasteiger partial charge in [-0.25, -0.2) is 0 Å². The number of hydrogen-bond acceptors (Lipinski definition) is 7. The summed E-state index contributed by atoms with van der Waals surface area (Å²) >= 11 is 0. The number of aromatic nitrogens is 3. The van der Waals surface area contributed by atoms with Gasteiger partial charge in [0.2, 0.25) is 0 Å². The Morgan fingerprint density at radius 2 is 1.32 bits per heavy atom. The van der Waals surface area contributed by atoms with E-state index in [1.54, 1.807) is 0 Å². The van der Waals surface area contributed by atoms with Gasteiger partial charge < -0.3 is 49.1 Å². The molecule has 0 unspecified atom stereocenters. The van der Waals surface area contributed by atoms with Gasteiger partial charge in [0.05, 0.1) is 60.8 Å². The van der Waals surface area contributed by atoms with E-state index in [4.69, 9.17) is 18.9 Å². The van der Waals surface area contributed by atoms with Gasteiger partial charge in [-0.1, -0.05) is 0 Å². The van der Waals surface area contributed by atoms with Gasteiger partial charge in [0, 0.05) is 0 Å². The van der Waals surface area contributed by atoms with Crippen LogP contribution in [-0.2, 0) is 9.47 Å². The molecule has 2 saturated heterocycles. The van der Waals surface area contributed by atoms with Crippen molar-refractivity contribution in [3.8, 4) is 12.0 Å². The minimum Gasteiger partial charge on any atom is -1.00 e. The first-order chi connectivity index (χ1) is 11.2. The first-order valence-corrected chi connectivity index (χ1v) is 7.84. The highest BCUT2D eigenvalue weighted by Crippen LogP contribution is 2.22. The van der Waals surface area contributed by atoms with E-state index < -0.39 is 0 Å². The van der Waals surface area contributed by atoms with Crippen LogP contribution in [0.15, 0.2) is 0 Å². The highest BCUT2D eigenvalue weighted by molar-refractivity contribution is 5.27. The lowest BCUT2D eigenvalue weighted by atomic mass is 10.4. The average molecular weight is 400 g/mol. The molecule has 0 radical (unpaired) electrons. The minimum atomic E-state index is 0. The fourth-order valence-corrected chi connectivity index (χ4v) is 2.28. The van der Waals surface area contributed by atoms with Gasteiger partial charge in [-0.05, 0) is 0 Å². The zero-order chi connectivity index (χ0) is 16.5. The number of hydrogen-bond donors (Lipinski definition) is 1. The average Bonchev–Trinajstić information content (AvgIpc) is 2.64. The van der Waals surface area contributed by atoms with Crippen molar-refractivity contribution in [3.63, 3.8) is 0 Å². The highest BCUT2D eigenvalue weighted by atomic mass is 35.5. The first-order valence-electron chi connectivity index (χ1n) is 7.84. The summed E-state index contributed by atoms with van der Waals surface area (Å²) in [6.07, 6.45) is 0. The molecule has 1 aromatic heterocycles. The number of morpholine rings is 2. The molecule has 0 saturated carbocycles. The van der Waals surface area contributed by atoms with Gasteiger partial charge in [0.1, 0.15) is 13.1 Å². The van der Waals surface area contributed by atoms with E-state index in [9.17, 15) is 0 Å². The molecule has 2 aliphatic heterocycles. The van der Waals surface area contributed by atoms with E-state index in [-0.39, 0.29) is 36.8 Å². The van der Waals surface area contributed by atoms with Crippen molar-refractivity contribution < 1.29 is 49.1 Å². The van der Waals surface area contributed by atoms with Gasteiger partial charge in [-0.15, -0.1) is 15.0 Å². The van der Waals surface area contributed by atoms with Gasteiger partial charge >= 0.3 is 18.0 Å². The molecule has 1 aromatic rings. The second-order valence-electron chi connectivity index (χ2n) is 5.54. The summed E-state index contributed by atoms with van der Waals surface area (Å²) in [5, 5.41) is 2.27. The molecule has 2 aliphatic rings. The van der Waals surface area contributed by atoms with Crippen molar-refractivity contribution in [2.75, 3.05) is 73.9 Å². The van der Waals surface area contributed by atoms with Gasteiger partial charge in [0.15, 0.2) is 0 Å². The number of methoxy groups -OCH3 is 2. The van der Waals surface area contributed by atoms with Crippen LogP contribution in [0.1, 0.15) is 0 Å². The van der Waals surface area contributed by atoms with Crippen molar-refractivity contribution in [1.82, 2.24) is 19.4 Å². The molecule has 0 atom stereocenters. The lowest BCUT2D eigenvalue weighted by molar-refractivity contribution is -0.670. The number of quaternary nitrogens is 2. The molecule has 146 valence electrons. The molecule has 0 bridgehead atoms. The Kier molecular flexibility index (Phi) is 11.9. The maximum Gasteiger partial charge on any atom is 0.338 e. The molecule has 0 spiro atoms. The molecule has 25 heavy (non-hydrogen) atoms. The smallest absolute Gasteiger partial charge is 0.338 e. The fourth-order valence-electron chi connectivity index (χ4n) is 2.28. The molecule has 0 aliphatic carbocycles. The van der Waals surface area contributed by atoms with Crippen LogP contribution in [0.4, 0.5) is 5.95 Å². The molecule has 2 N–H and O–H groups in total. The number of nitrogens with two attached hydrogens (primary N) is 1. The summed E-state index contributed by atoms with van der Waals surface area (Å²) in [6.45, 7) is 7.26. The quantitative estimate of drug-likeness (QED) is 0.504. The molecular weight excluding hydrogens is 373 g/mol. The Labute approximate surface area is 160 Å². The predicted molar refractivity (Wildman–Crippen MR) is 83.7 cm³/mol. The maximum absolute atomic E-state index is 5.35. The van der Waals surface area contributed by atoms with Crippen LogP contribution in [-0.4, -0.2) is 88.8 Å². The zero-order valence-electron chi connectivity index (χ0n) is 14.9. The second kappa shape index (κ2) is 12.4. The van der Waals surface area contributed by atoms with Crippen molar-refractivity contribution >= 4 is 5.95 Å². The van der Waals surface area contributed by atoms with E-state index in [1.807, 2.05) is 0 Å². The Morgan fingerprint density at radius 1 is 0.840 bits per heavy atom. The van der Waals surface area contributed by atoms with Gasteiger partial charge in [-0.2, -0.15) is 0 Å². The van der Waals surface area contributed by atoms with Crippen molar-refractivity contribution in [1.29, 1.82) is 0 Å². The van der Waals surface area contributed by atoms with Crippen LogP contribution in [0, 0.1) is 0 Å². The molecule has 11 heteroatoms. The minimum absolute atomic E-state index is 0. The fraction of sp³-hybridized carbons (Fsp3) is 0.786. The SMILES string of the molecule is C1COCC[NH2+]1.COc1nc(OC)nc([N+]2(C)CCOCC2)n1.[Cl-].[Cl-]. The van der Waals surface area contributed by atoms with Crippen molar-refractivity contribution in [3.05, 3.63) is 0 Å². The number of likely N-dealkylation sites (N-methyl/N-ethyl adjacent to an activating group) is 1. The van der Waals surface area contributed by atoms with Gasteiger partial charge in [0.25, 0.3) is 0 Å². The van der Waals surface area contributed by atoms with E-state index in [0.717, 1.165) is 39.4 Å². The van der Waals surface area contributed by atoms with E-state index in [1.165, 1.54) is 14.2 Å². The number of nitrogens with zero attached hydrogens (tertiary/aromatic N) is 4. The number of halogens is 2. The summed E-state index contributed by atoms with van der Waals surface area (Å²) < 4.78 is 21.1. The summed E-state index contributed by atoms with van der Waals surface area (Å²) in [5.74, 6) is 0.650.